The number of H-pyrrole nitrogens is 1. The number of pyridine rings is 1. The molecule has 0 saturated carbocycles. The van der Waals surface area contributed by atoms with Crippen LogP contribution in [0.1, 0.15) is 33.3 Å². The molecule has 0 radical (unpaired) electrons. The van der Waals surface area contributed by atoms with Crippen molar-refractivity contribution in [3.8, 4) is 11.1 Å². The van der Waals surface area contributed by atoms with Crippen molar-refractivity contribution >= 4 is 51.2 Å². The van der Waals surface area contributed by atoms with Crippen LogP contribution in [0.4, 0.5) is 5.69 Å². The van der Waals surface area contributed by atoms with Crippen LogP contribution in [-0.2, 0) is 9.53 Å². The van der Waals surface area contributed by atoms with Gasteiger partial charge in [-0.25, -0.2) is 4.98 Å². The van der Waals surface area contributed by atoms with Crippen molar-refractivity contribution in [2.45, 2.75) is 6.92 Å². The number of allylic oxidation sites excluding steroid dienone is 1. The number of aromatic nitrogens is 3. The predicted molar refractivity (Wildman–Crippen MR) is 155 cm³/mol. The van der Waals surface area contributed by atoms with Crippen LogP contribution < -0.4 is 4.90 Å². The Morgan fingerprint density at radius 3 is 2.56 bits per heavy atom. The summed E-state index contributed by atoms with van der Waals surface area (Å²) in [6, 6.07) is 20.4. The van der Waals surface area contributed by atoms with E-state index in [0.717, 1.165) is 27.4 Å². The molecule has 4 heterocycles. The molecule has 9 nitrogen and oxygen atoms in total. The zero-order valence-electron chi connectivity index (χ0n) is 22.3. The third kappa shape index (κ3) is 4.18. The number of nitrogens with zero attached hydrogens (tertiary/aromatic N) is 4. The molecule has 0 atom stereocenters. The summed E-state index contributed by atoms with van der Waals surface area (Å²) in [5.74, 6) is -0.548. The van der Waals surface area contributed by atoms with E-state index in [1.807, 2.05) is 36.4 Å². The standard InChI is InChI=1S/C32H25N5O4/c1-19(38)37-29-8-3-2-5-23(29)31(39)30(37)17-21-16-24(22-6-4-7-28-26(22)18-33-35-28)25-15-20(9-10-27(25)34-21)32(40)36-11-13-41-14-12-36/h2-10,15-18H,11-14H2,1H3,(H,33,35). The van der Waals surface area contributed by atoms with E-state index >= 15 is 0 Å². The average Bonchev–Trinajstić information content (AvgIpc) is 3.59. The van der Waals surface area contributed by atoms with E-state index < -0.39 is 0 Å². The molecule has 0 aliphatic carbocycles. The maximum atomic E-state index is 13.4. The van der Waals surface area contributed by atoms with Gasteiger partial charge in [0.25, 0.3) is 5.91 Å². The topological polar surface area (TPSA) is 108 Å². The number of carbonyl (C=O) groups excluding carboxylic acids is 3. The highest BCUT2D eigenvalue weighted by Gasteiger charge is 2.34. The molecule has 1 N–H and O–H groups in total. The third-order valence-corrected chi connectivity index (χ3v) is 7.61. The Bertz CT molecular complexity index is 1920. The van der Waals surface area contributed by atoms with E-state index in [1.165, 1.54) is 11.8 Å². The lowest BCUT2D eigenvalue weighted by Gasteiger charge is -2.27. The van der Waals surface area contributed by atoms with Crippen molar-refractivity contribution in [1.82, 2.24) is 20.1 Å². The van der Waals surface area contributed by atoms with Crippen LogP contribution >= 0.6 is 0 Å². The molecule has 1 fully saturated rings. The summed E-state index contributed by atoms with van der Waals surface area (Å²) < 4.78 is 5.42. The normalized spacial score (nSPS) is 16.1. The number of Topliss-reactive ketones (excluding diaryl/α,β-unsaturated/α-hetero) is 1. The summed E-state index contributed by atoms with van der Waals surface area (Å²) >= 11 is 0. The minimum atomic E-state index is -0.259. The molecule has 41 heavy (non-hydrogen) atoms. The number of benzene rings is 3. The van der Waals surface area contributed by atoms with Crippen LogP contribution in [0.25, 0.3) is 39.0 Å². The first-order valence-electron chi connectivity index (χ1n) is 13.4. The van der Waals surface area contributed by atoms with Crippen molar-refractivity contribution in [3.63, 3.8) is 0 Å². The fourth-order valence-electron chi connectivity index (χ4n) is 5.67. The minimum Gasteiger partial charge on any atom is -0.378 e. The Kier molecular flexibility index (Phi) is 5.94. The highest BCUT2D eigenvalue weighted by Crippen LogP contribution is 2.38. The third-order valence-electron chi connectivity index (χ3n) is 7.61. The maximum Gasteiger partial charge on any atom is 0.254 e. The summed E-state index contributed by atoms with van der Waals surface area (Å²) in [5, 5.41) is 8.96. The molecule has 2 aromatic heterocycles. The second kappa shape index (κ2) is 9.79. The summed E-state index contributed by atoms with van der Waals surface area (Å²) in [4.78, 5) is 47.5. The van der Waals surface area contributed by atoms with E-state index in [9.17, 15) is 14.4 Å². The molecule has 7 rings (SSSR count). The van der Waals surface area contributed by atoms with Gasteiger partial charge in [0.15, 0.2) is 0 Å². The molecular weight excluding hydrogens is 518 g/mol. The minimum absolute atomic E-state index is 0.0553. The van der Waals surface area contributed by atoms with E-state index in [-0.39, 0.29) is 23.3 Å². The number of amides is 2. The number of ketones is 1. The van der Waals surface area contributed by atoms with Crippen LogP contribution in [0.15, 0.2) is 78.6 Å². The molecule has 202 valence electrons. The van der Waals surface area contributed by atoms with Gasteiger partial charge in [-0.1, -0.05) is 24.3 Å². The Hall–Kier alpha value is -5.15. The summed E-state index contributed by atoms with van der Waals surface area (Å²) in [5.41, 5.74) is 5.64. The van der Waals surface area contributed by atoms with Gasteiger partial charge in [0.05, 0.1) is 47.5 Å². The number of rotatable bonds is 3. The number of fused-ring (bicyclic) bond motifs is 3. The molecule has 2 aliphatic rings. The van der Waals surface area contributed by atoms with E-state index in [0.29, 0.717) is 54.3 Å². The molecule has 9 heteroatoms. The number of ether oxygens (including phenoxy) is 1. The first kappa shape index (κ1) is 24.9. The molecule has 0 unspecified atom stereocenters. The van der Waals surface area contributed by atoms with Crippen LogP contribution in [0.3, 0.4) is 0 Å². The molecular formula is C32H25N5O4. The number of anilines is 1. The number of hydrogen-bond acceptors (Lipinski definition) is 6. The largest absolute Gasteiger partial charge is 0.378 e. The maximum absolute atomic E-state index is 13.4. The zero-order chi connectivity index (χ0) is 28.1. The Morgan fingerprint density at radius 1 is 0.927 bits per heavy atom. The molecule has 5 aromatic rings. The van der Waals surface area contributed by atoms with E-state index in [4.69, 9.17) is 9.72 Å². The van der Waals surface area contributed by atoms with Gasteiger partial charge >= 0.3 is 0 Å². The molecule has 3 aromatic carbocycles. The lowest BCUT2D eigenvalue weighted by Crippen LogP contribution is -2.40. The molecule has 0 bridgehead atoms. The highest BCUT2D eigenvalue weighted by atomic mass is 16.5. The second-order valence-electron chi connectivity index (χ2n) is 10.1. The Labute approximate surface area is 235 Å². The predicted octanol–water partition coefficient (Wildman–Crippen LogP) is 4.84. The zero-order valence-corrected chi connectivity index (χ0v) is 22.3. The smallest absolute Gasteiger partial charge is 0.254 e. The Morgan fingerprint density at radius 2 is 1.73 bits per heavy atom. The van der Waals surface area contributed by atoms with Crippen molar-refractivity contribution in [1.29, 1.82) is 0 Å². The van der Waals surface area contributed by atoms with Crippen molar-refractivity contribution in [2.24, 2.45) is 0 Å². The second-order valence-corrected chi connectivity index (χ2v) is 10.1. The lowest BCUT2D eigenvalue weighted by atomic mass is 9.95. The van der Waals surface area contributed by atoms with Gasteiger partial charge in [-0.2, -0.15) is 5.10 Å². The van der Waals surface area contributed by atoms with Crippen LogP contribution in [0, 0.1) is 0 Å². The van der Waals surface area contributed by atoms with Crippen LogP contribution in [0.2, 0.25) is 0 Å². The van der Waals surface area contributed by atoms with Gasteiger partial charge in [-0.05, 0) is 59.7 Å². The summed E-state index contributed by atoms with van der Waals surface area (Å²) in [6.45, 7) is 3.58. The monoisotopic (exact) mass is 543 g/mol. The first-order chi connectivity index (χ1) is 20.0. The number of aromatic amines is 1. The molecule has 0 spiro atoms. The Balaban J connectivity index is 1.42. The van der Waals surface area contributed by atoms with Crippen LogP contribution in [-0.4, -0.2) is 64.0 Å². The fraction of sp³-hybridized carbons (Fsp3) is 0.156. The average molecular weight is 544 g/mol. The number of para-hydroxylation sites is 1. The summed E-state index contributed by atoms with van der Waals surface area (Å²) in [7, 11) is 0. The van der Waals surface area contributed by atoms with Gasteiger partial charge < -0.3 is 9.64 Å². The molecule has 1 saturated heterocycles. The van der Waals surface area contributed by atoms with Gasteiger partial charge in [-0.3, -0.25) is 24.4 Å². The number of nitrogens with one attached hydrogen (secondary N) is 1. The SMILES string of the molecule is CC(=O)N1C(=Cc2cc(-c3cccc4[nH]ncc34)c3cc(C(=O)N4CCOCC4)ccc3n2)C(=O)c2ccccc21. The molecule has 2 amide bonds. The van der Waals surface area contributed by atoms with E-state index in [2.05, 4.69) is 10.2 Å². The summed E-state index contributed by atoms with van der Waals surface area (Å²) in [6.07, 6.45) is 3.43. The number of hydrogen-bond donors (Lipinski definition) is 1. The van der Waals surface area contributed by atoms with Gasteiger partial charge in [0.1, 0.15) is 0 Å². The van der Waals surface area contributed by atoms with Gasteiger partial charge in [0, 0.05) is 41.9 Å². The lowest BCUT2D eigenvalue weighted by molar-refractivity contribution is -0.116. The first-order valence-corrected chi connectivity index (χ1v) is 13.4. The van der Waals surface area contributed by atoms with Crippen molar-refractivity contribution in [3.05, 3.63) is 95.4 Å². The number of morpholine rings is 1. The fourth-order valence-corrected chi connectivity index (χ4v) is 5.67. The van der Waals surface area contributed by atoms with Gasteiger partial charge in [0.2, 0.25) is 11.7 Å². The van der Waals surface area contributed by atoms with Crippen LogP contribution in [0.5, 0.6) is 0 Å². The van der Waals surface area contributed by atoms with E-state index in [1.54, 1.807) is 47.5 Å². The van der Waals surface area contributed by atoms with Gasteiger partial charge in [-0.15, -0.1) is 0 Å². The number of carbonyl (C=O) groups is 3. The van der Waals surface area contributed by atoms with Crippen molar-refractivity contribution < 1.29 is 19.1 Å². The molecule has 2 aliphatic heterocycles. The van der Waals surface area contributed by atoms with Crippen molar-refractivity contribution in [2.75, 3.05) is 31.2 Å². The quantitative estimate of drug-likeness (QED) is 0.326. The highest BCUT2D eigenvalue weighted by molar-refractivity contribution is 6.26.